The molecular formula is C38H51N7O4. The number of hydrogen-bond donors (Lipinski definition) is 5. The number of rotatable bonds is 12. The number of hydrogen-bond acceptors (Lipinski definition) is 9. The van der Waals surface area contributed by atoms with E-state index in [9.17, 15) is 9.59 Å². The number of H-pyrrole nitrogens is 2. The van der Waals surface area contributed by atoms with E-state index in [4.69, 9.17) is 26.6 Å². The van der Waals surface area contributed by atoms with Gasteiger partial charge >= 0.3 is 11.9 Å². The SMILES string of the molecule is CCCCCCNCc1c(C)c2cc3nc(c(C)c4[nH]c(cc5nc(cc1[nH]2)C(C)=C5CC)c(C)c4C(=O)ON)[C@@H](CCC(=O)ON)[C@@H]3C. The molecule has 262 valence electrons. The van der Waals surface area contributed by atoms with E-state index in [0.29, 0.717) is 23.1 Å². The van der Waals surface area contributed by atoms with Gasteiger partial charge in [0, 0.05) is 52.7 Å². The molecule has 0 spiro atoms. The van der Waals surface area contributed by atoms with Crippen molar-refractivity contribution in [2.75, 3.05) is 6.54 Å². The molecule has 0 unspecified atom stereocenters. The van der Waals surface area contributed by atoms with Crippen LogP contribution in [0.4, 0.5) is 0 Å². The normalized spacial score (nSPS) is 15.9. The van der Waals surface area contributed by atoms with Crippen molar-refractivity contribution in [3.05, 3.63) is 68.8 Å². The summed E-state index contributed by atoms with van der Waals surface area (Å²) < 4.78 is 0. The van der Waals surface area contributed by atoms with Crippen LogP contribution in [0.5, 0.6) is 0 Å². The molecule has 2 aliphatic heterocycles. The maximum atomic E-state index is 13.2. The van der Waals surface area contributed by atoms with E-state index in [1.807, 2.05) is 19.9 Å². The highest BCUT2D eigenvalue weighted by molar-refractivity contribution is 6.03. The predicted molar refractivity (Wildman–Crippen MR) is 194 cm³/mol. The number of aromatic amines is 2. The van der Waals surface area contributed by atoms with Gasteiger partial charge in [0.25, 0.3) is 0 Å². The number of nitrogens with zero attached hydrogens (tertiary/aromatic N) is 2. The summed E-state index contributed by atoms with van der Waals surface area (Å²) in [6.07, 6.45) is 6.21. The molecule has 0 fully saturated rings. The van der Waals surface area contributed by atoms with Gasteiger partial charge in [-0.15, -0.1) is 0 Å². The fourth-order valence-electron chi connectivity index (χ4n) is 7.31. The van der Waals surface area contributed by atoms with Crippen molar-refractivity contribution in [3.63, 3.8) is 0 Å². The first-order chi connectivity index (χ1) is 23.5. The summed E-state index contributed by atoms with van der Waals surface area (Å²) >= 11 is 0. The summed E-state index contributed by atoms with van der Waals surface area (Å²) in [5.41, 5.74) is 13.1. The van der Waals surface area contributed by atoms with Crippen molar-refractivity contribution in [2.24, 2.45) is 11.8 Å². The van der Waals surface area contributed by atoms with Crippen molar-refractivity contribution < 1.29 is 19.3 Å². The zero-order valence-corrected chi connectivity index (χ0v) is 29.9. The number of allylic oxidation sites excluding steroid dienone is 2. The Morgan fingerprint density at radius 1 is 0.878 bits per heavy atom. The fraction of sp³-hybridized carbons (Fsp3) is 0.474. The number of aromatic nitrogens is 4. The molecule has 8 bridgehead atoms. The second-order valence-electron chi connectivity index (χ2n) is 13.4. The molecule has 0 radical (unpaired) electrons. The molecule has 49 heavy (non-hydrogen) atoms. The second-order valence-corrected chi connectivity index (χ2v) is 13.4. The minimum atomic E-state index is -0.650. The molecule has 0 aliphatic carbocycles. The number of fused-ring (bicyclic) bond motifs is 8. The lowest BCUT2D eigenvalue weighted by molar-refractivity contribution is -0.144. The van der Waals surface area contributed by atoms with Gasteiger partial charge in [-0.2, -0.15) is 11.8 Å². The highest BCUT2D eigenvalue weighted by atomic mass is 16.7. The Balaban J connectivity index is 1.83. The first kappa shape index (κ1) is 36.0. The topological polar surface area (TPSA) is 174 Å². The fourth-order valence-corrected chi connectivity index (χ4v) is 7.31. The zero-order chi connectivity index (χ0) is 35.4. The Morgan fingerprint density at radius 2 is 1.61 bits per heavy atom. The third-order valence-electron chi connectivity index (χ3n) is 10.4. The number of nitrogens with two attached hydrogens (primary N) is 2. The molecular weight excluding hydrogens is 618 g/mol. The minimum Gasteiger partial charge on any atom is -0.373 e. The molecule has 3 aromatic rings. The third kappa shape index (κ3) is 7.20. The first-order valence-electron chi connectivity index (χ1n) is 17.5. The van der Waals surface area contributed by atoms with Crippen LogP contribution >= 0.6 is 0 Å². The average molecular weight is 670 g/mol. The Labute approximate surface area is 288 Å². The van der Waals surface area contributed by atoms with Crippen LogP contribution in [0.2, 0.25) is 0 Å². The molecule has 11 heteroatoms. The van der Waals surface area contributed by atoms with E-state index in [1.165, 1.54) is 24.8 Å². The molecule has 2 atom stereocenters. The lowest BCUT2D eigenvalue weighted by Gasteiger charge is -2.16. The van der Waals surface area contributed by atoms with Crippen molar-refractivity contribution in [1.82, 2.24) is 25.3 Å². The van der Waals surface area contributed by atoms with Crippen LogP contribution in [0.3, 0.4) is 0 Å². The van der Waals surface area contributed by atoms with Gasteiger partial charge in [0.05, 0.1) is 22.5 Å². The van der Waals surface area contributed by atoms with Crippen molar-refractivity contribution in [1.29, 1.82) is 0 Å². The van der Waals surface area contributed by atoms with E-state index in [1.54, 1.807) is 0 Å². The Kier molecular flexibility index (Phi) is 11.4. The van der Waals surface area contributed by atoms with Gasteiger partial charge < -0.3 is 25.0 Å². The Bertz CT molecular complexity index is 1940. The van der Waals surface area contributed by atoms with E-state index in [0.717, 1.165) is 87.5 Å². The lowest BCUT2D eigenvalue weighted by Crippen LogP contribution is -2.15. The quantitative estimate of drug-likeness (QED) is 0.0974. The standard InChI is InChI=1S/C38H51N7O4/c1-8-10-11-12-15-41-19-27-22(5)28-16-30-21(4)26(13-14-34(46)48-39)36(44-30)24(7)37-35(38(47)49-40)23(6)31(45-37)18-32-25(9-2)20(3)29(42-32)17-33(27)43-28/h16-18,21,26,41,43,45H,8-15,19,39-40H2,1-7H3/t21-,26-/m0/s1. The largest absolute Gasteiger partial charge is 0.373 e. The van der Waals surface area contributed by atoms with Crippen LogP contribution in [0.15, 0.2) is 18.2 Å². The molecule has 0 amide bonds. The van der Waals surface area contributed by atoms with Gasteiger partial charge in [-0.25, -0.2) is 9.78 Å². The summed E-state index contributed by atoms with van der Waals surface area (Å²) in [5, 5.41) is 3.68. The summed E-state index contributed by atoms with van der Waals surface area (Å²) in [6.45, 7) is 16.2. The summed E-state index contributed by atoms with van der Waals surface area (Å²) in [6, 6.07) is 6.26. The van der Waals surface area contributed by atoms with Crippen LogP contribution in [0, 0.1) is 20.8 Å². The van der Waals surface area contributed by atoms with Crippen molar-refractivity contribution >= 4 is 45.2 Å². The highest BCUT2D eigenvalue weighted by Crippen LogP contribution is 2.42. The van der Waals surface area contributed by atoms with Crippen molar-refractivity contribution in [2.45, 2.75) is 112 Å². The van der Waals surface area contributed by atoms with E-state index >= 15 is 0 Å². The maximum Gasteiger partial charge on any atom is 0.359 e. The van der Waals surface area contributed by atoms with Gasteiger partial charge in [-0.3, -0.25) is 9.78 Å². The van der Waals surface area contributed by atoms with Gasteiger partial charge in [0.15, 0.2) is 0 Å². The molecule has 11 nitrogen and oxygen atoms in total. The summed E-state index contributed by atoms with van der Waals surface area (Å²) in [5.74, 6) is 9.33. The lowest BCUT2D eigenvalue weighted by atomic mass is 9.86. The number of carbonyl (C=O) groups excluding carboxylic acids is 2. The molecule has 5 heterocycles. The molecule has 0 saturated heterocycles. The van der Waals surface area contributed by atoms with E-state index in [-0.39, 0.29) is 18.3 Å². The van der Waals surface area contributed by atoms with Crippen molar-refractivity contribution in [3.8, 4) is 0 Å². The summed E-state index contributed by atoms with van der Waals surface area (Å²) in [4.78, 5) is 52.2. The van der Waals surface area contributed by atoms with E-state index in [2.05, 4.69) is 66.9 Å². The Hall–Kier alpha value is -4.32. The second kappa shape index (κ2) is 15.5. The van der Waals surface area contributed by atoms with Gasteiger partial charge in [-0.05, 0) is 105 Å². The molecule has 0 aromatic carbocycles. The number of nitrogens with one attached hydrogen (secondary N) is 3. The monoisotopic (exact) mass is 669 g/mol. The van der Waals surface area contributed by atoms with Crippen LogP contribution in [0.1, 0.15) is 140 Å². The van der Waals surface area contributed by atoms with Crippen LogP contribution in [-0.2, 0) is 21.0 Å². The van der Waals surface area contributed by atoms with Crippen LogP contribution < -0.4 is 17.1 Å². The minimum absolute atomic E-state index is 0.0401. The first-order valence-corrected chi connectivity index (χ1v) is 17.5. The highest BCUT2D eigenvalue weighted by Gasteiger charge is 2.32. The van der Waals surface area contributed by atoms with Gasteiger partial charge in [0.2, 0.25) is 0 Å². The van der Waals surface area contributed by atoms with E-state index < -0.39 is 11.9 Å². The molecule has 3 aromatic heterocycles. The summed E-state index contributed by atoms with van der Waals surface area (Å²) in [7, 11) is 0. The number of unbranched alkanes of at least 4 members (excludes halogenated alkanes) is 3. The van der Waals surface area contributed by atoms with Gasteiger partial charge in [0.1, 0.15) is 0 Å². The smallest absolute Gasteiger partial charge is 0.359 e. The molecule has 7 N–H and O–H groups in total. The third-order valence-corrected chi connectivity index (χ3v) is 10.4. The zero-order valence-electron chi connectivity index (χ0n) is 29.9. The van der Waals surface area contributed by atoms with Crippen LogP contribution in [-0.4, -0.2) is 38.4 Å². The van der Waals surface area contributed by atoms with Crippen LogP contribution in [0.25, 0.3) is 33.2 Å². The number of carbonyl (C=O) groups is 2. The Morgan fingerprint density at radius 3 is 2.31 bits per heavy atom. The molecule has 0 saturated carbocycles. The molecule has 2 aliphatic rings. The van der Waals surface area contributed by atoms with Gasteiger partial charge in [-0.1, -0.05) is 40.0 Å². The average Bonchev–Trinajstić information content (AvgIpc) is 3.78. The predicted octanol–water partition coefficient (Wildman–Crippen LogP) is 7.37. The molecule has 5 rings (SSSR count). The maximum absolute atomic E-state index is 13.2. The number of aryl methyl sites for hydroxylation is 3.